The van der Waals surface area contributed by atoms with Gasteiger partial charge in [-0.15, -0.1) is 0 Å². The molecule has 1 aromatic carbocycles. The summed E-state index contributed by atoms with van der Waals surface area (Å²) in [5.74, 6) is 0.0109. The number of nitrogens with zero attached hydrogens (tertiary/aromatic N) is 1. The number of hydrogen-bond donors (Lipinski definition) is 1. The van der Waals surface area contributed by atoms with Gasteiger partial charge in [0.2, 0.25) is 5.91 Å². The van der Waals surface area contributed by atoms with Crippen LogP contribution in [0.3, 0.4) is 0 Å². The van der Waals surface area contributed by atoms with E-state index < -0.39 is 0 Å². The van der Waals surface area contributed by atoms with E-state index in [9.17, 15) is 4.79 Å². The molecule has 3 heteroatoms. The molecule has 2 N–H and O–H groups in total. The van der Waals surface area contributed by atoms with E-state index in [1.54, 1.807) is 11.0 Å². The monoisotopic (exact) mass is 218 g/mol. The van der Waals surface area contributed by atoms with Crippen molar-refractivity contribution in [2.45, 2.75) is 6.92 Å². The van der Waals surface area contributed by atoms with E-state index in [0.29, 0.717) is 19.6 Å². The molecule has 0 aliphatic carbocycles. The maximum Gasteiger partial charge on any atom is 0.246 e. The number of nitrogens with two attached hydrogens (primary N) is 1. The lowest BCUT2D eigenvalue weighted by molar-refractivity contribution is -0.125. The number of hydrogen-bond acceptors (Lipinski definition) is 2. The summed E-state index contributed by atoms with van der Waals surface area (Å²) < 4.78 is 0. The number of benzene rings is 1. The van der Waals surface area contributed by atoms with Crippen molar-refractivity contribution in [2.75, 3.05) is 19.6 Å². The smallest absolute Gasteiger partial charge is 0.246 e. The third-order valence-electron chi connectivity index (χ3n) is 2.31. The van der Waals surface area contributed by atoms with E-state index >= 15 is 0 Å². The van der Waals surface area contributed by atoms with Gasteiger partial charge in [-0.2, -0.15) is 0 Å². The van der Waals surface area contributed by atoms with Gasteiger partial charge < -0.3 is 10.6 Å². The van der Waals surface area contributed by atoms with Gasteiger partial charge in [0.05, 0.1) is 0 Å². The first-order chi connectivity index (χ1) is 7.77. The lowest BCUT2D eigenvalue weighted by Gasteiger charge is -2.17. The minimum Gasteiger partial charge on any atom is -0.338 e. The van der Waals surface area contributed by atoms with Crippen LogP contribution >= 0.6 is 0 Å². The van der Waals surface area contributed by atoms with Gasteiger partial charge in [0.25, 0.3) is 0 Å². The van der Waals surface area contributed by atoms with E-state index in [2.05, 4.69) is 0 Å². The van der Waals surface area contributed by atoms with Crippen LogP contribution in [0.4, 0.5) is 0 Å². The zero-order valence-corrected chi connectivity index (χ0v) is 9.60. The first-order valence-electron chi connectivity index (χ1n) is 5.50. The highest BCUT2D eigenvalue weighted by molar-refractivity contribution is 5.91. The Morgan fingerprint density at radius 2 is 2.06 bits per heavy atom. The molecular weight excluding hydrogens is 200 g/mol. The highest BCUT2D eigenvalue weighted by atomic mass is 16.2. The van der Waals surface area contributed by atoms with Crippen LogP contribution in [0.1, 0.15) is 12.5 Å². The normalized spacial score (nSPS) is 10.6. The largest absolute Gasteiger partial charge is 0.338 e. The highest BCUT2D eigenvalue weighted by Crippen LogP contribution is 2.01. The van der Waals surface area contributed by atoms with Crippen LogP contribution in [-0.4, -0.2) is 30.4 Å². The average molecular weight is 218 g/mol. The number of carbonyl (C=O) groups excluding carboxylic acids is 1. The number of rotatable bonds is 5. The molecule has 16 heavy (non-hydrogen) atoms. The molecular formula is C13H18N2O. The topological polar surface area (TPSA) is 46.3 Å². The molecule has 0 bridgehead atoms. The van der Waals surface area contributed by atoms with Crippen molar-refractivity contribution in [3.05, 3.63) is 42.0 Å². The number of amides is 1. The molecule has 86 valence electrons. The van der Waals surface area contributed by atoms with Crippen molar-refractivity contribution in [3.63, 3.8) is 0 Å². The molecule has 1 rings (SSSR count). The molecule has 0 unspecified atom stereocenters. The third kappa shape index (κ3) is 3.87. The molecule has 0 aromatic heterocycles. The predicted octanol–water partition coefficient (Wildman–Crippen LogP) is 1.51. The van der Waals surface area contributed by atoms with Crippen LogP contribution in [0, 0.1) is 0 Å². The average Bonchev–Trinajstić information content (AvgIpc) is 2.34. The first-order valence-corrected chi connectivity index (χ1v) is 5.50. The maximum atomic E-state index is 11.7. The van der Waals surface area contributed by atoms with Crippen LogP contribution < -0.4 is 5.73 Å². The van der Waals surface area contributed by atoms with Crippen LogP contribution in [0.25, 0.3) is 6.08 Å². The molecule has 0 aliphatic rings. The van der Waals surface area contributed by atoms with E-state index in [4.69, 9.17) is 5.73 Å². The molecule has 0 radical (unpaired) electrons. The fourth-order valence-electron chi connectivity index (χ4n) is 1.42. The summed E-state index contributed by atoms with van der Waals surface area (Å²) in [5.41, 5.74) is 6.46. The molecule has 0 saturated heterocycles. The highest BCUT2D eigenvalue weighted by Gasteiger charge is 2.05. The van der Waals surface area contributed by atoms with Crippen molar-refractivity contribution < 1.29 is 4.79 Å². The van der Waals surface area contributed by atoms with Crippen molar-refractivity contribution in [3.8, 4) is 0 Å². The summed E-state index contributed by atoms with van der Waals surface area (Å²) >= 11 is 0. The summed E-state index contributed by atoms with van der Waals surface area (Å²) in [6.45, 7) is 3.74. The lowest BCUT2D eigenvalue weighted by atomic mass is 10.2. The van der Waals surface area contributed by atoms with Gasteiger partial charge in [-0.05, 0) is 18.6 Å². The maximum absolute atomic E-state index is 11.7. The third-order valence-corrected chi connectivity index (χ3v) is 2.31. The second kappa shape index (κ2) is 6.80. The lowest BCUT2D eigenvalue weighted by Crippen LogP contribution is -2.33. The minimum atomic E-state index is 0.0109. The molecule has 0 aliphatic heterocycles. The second-order valence-corrected chi connectivity index (χ2v) is 3.45. The molecule has 0 atom stereocenters. The van der Waals surface area contributed by atoms with Crippen molar-refractivity contribution in [2.24, 2.45) is 5.73 Å². The van der Waals surface area contributed by atoms with Crippen LogP contribution in [0.15, 0.2) is 36.4 Å². The number of carbonyl (C=O) groups is 1. The van der Waals surface area contributed by atoms with Gasteiger partial charge >= 0.3 is 0 Å². The minimum absolute atomic E-state index is 0.0109. The second-order valence-electron chi connectivity index (χ2n) is 3.45. The van der Waals surface area contributed by atoms with E-state index in [1.165, 1.54) is 0 Å². The zero-order chi connectivity index (χ0) is 11.8. The van der Waals surface area contributed by atoms with Crippen LogP contribution in [-0.2, 0) is 4.79 Å². The quantitative estimate of drug-likeness (QED) is 0.761. The summed E-state index contributed by atoms with van der Waals surface area (Å²) in [5, 5.41) is 0. The van der Waals surface area contributed by atoms with E-state index in [0.717, 1.165) is 5.56 Å². The summed E-state index contributed by atoms with van der Waals surface area (Å²) in [6.07, 6.45) is 3.41. The Labute approximate surface area is 96.6 Å². The molecule has 0 saturated carbocycles. The number of likely N-dealkylation sites (N-methyl/N-ethyl adjacent to an activating group) is 1. The summed E-state index contributed by atoms with van der Waals surface area (Å²) in [4.78, 5) is 13.4. The van der Waals surface area contributed by atoms with Gasteiger partial charge in [0.15, 0.2) is 0 Å². The molecule has 0 spiro atoms. The van der Waals surface area contributed by atoms with Crippen molar-refractivity contribution in [1.82, 2.24) is 4.90 Å². The SMILES string of the molecule is CCN(CCN)C(=O)/C=C/c1ccccc1. The van der Waals surface area contributed by atoms with E-state index in [1.807, 2.05) is 43.3 Å². The van der Waals surface area contributed by atoms with Gasteiger partial charge in [0, 0.05) is 25.7 Å². The summed E-state index contributed by atoms with van der Waals surface area (Å²) in [6, 6.07) is 9.77. The molecule has 3 nitrogen and oxygen atoms in total. The van der Waals surface area contributed by atoms with Gasteiger partial charge in [0.1, 0.15) is 0 Å². The Hall–Kier alpha value is -1.61. The Bertz CT molecular complexity index is 346. The Morgan fingerprint density at radius 3 is 2.62 bits per heavy atom. The van der Waals surface area contributed by atoms with Gasteiger partial charge in [-0.25, -0.2) is 0 Å². The Kier molecular flexibility index (Phi) is 5.29. The zero-order valence-electron chi connectivity index (χ0n) is 9.60. The molecule has 1 aromatic rings. The fourth-order valence-corrected chi connectivity index (χ4v) is 1.42. The van der Waals surface area contributed by atoms with Crippen LogP contribution in [0.2, 0.25) is 0 Å². The summed E-state index contributed by atoms with van der Waals surface area (Å²) in [7, 11) is 0. The molecule has 1 amide bonds. The Morgan fingerprint density at radius 1 is 1.38 bits per heavy atom. The van der Waals surface area contributed by atoms with Crippen LogP contribution in [0.5, 0.6) is 0 Å². The van der Waals surface area contributed by atoms with Gasteiger partial charge in [-0.1, -0.05) is 30.3 Å². The predicted molar refractivity (Wildman–Crippen MR) is 66.8 cm³/mol. The van der Waals surface area contributed by atoms with E-state index in [-0.39, 0.29) is 5.91 Å². The van der Waals surface area contributed by atoms with Gasteiger partial charge in [-0.3, -0.25) is 4.79 Å². The standard InChI is InChI=1S/C13H18N2O/c1-2-15(11-10-14)13(16)9-8-12-6-4-3-5-7-12/h3-9H,2,10-11,14H2,1H3/b9-8+. The fraction of sp³-hybridized carbons (Fsp3) is 0.308. The Balaban J connectivity index is 2.59. The van der Waals surface area contributed by atoms with Crippen molar-refractivity contribution in [1.29, 1.82) is 0 Å². The molecule has 0 heterocycles. The van der Waals surface area contributed by atoms with Crippen molar-refractivity contribution >= 4 is 12.0 Å². The first kappa shape index (κ1) is 12.5. The molecule has 0 fully saturated rings.